The average Bonchev–Trinajstić information content (AvgIpc) is 2.99. The van der Waals surface area contributed by atoms with E-state index < -0.39 is 0 Å². The monoisotopic (exact) mass is 264 g/mol. The molecule has 1 aromatic heterocycles. The van der Waals surface area contributed by atoms with Crippen molar-refractivity contribution in [1.82, 2.24) is 20.1 Å². The van der Waals surface area contributed by atoms with Crippen molar-refractivity contribution in [2.24, 2.45) is 0 Å². The molecule has 1 amide bonds. The number of carbonyl (C=O) groups is 1. The van der Waals surface area contributed by atoms with E-state index in [4.69, 9.17) is 5.11 Å². The molecule has 6 nitrogen and oxygen atoms in total. The van der Waals surface area contributed by atoms with E-state index in [1.807, 2.05) is 4.90 Å². The maximum atomic E-state index is 12.4. The molecule has 2 fully saturated rings. The highest BCUT2D eigenvalue weighted by molar-refractivity contribution is 5.90. The number of hydrogen-bond donors (Lipinski definition) is 2. The van der Waals surface area contributed by atoms with Crippen molar-refractivity contribution in [3.8, 4) is 0 Å². The van der Waals surface area contributed by atoms with E-state index in [1.165, 1.54) is 0 Å². The molecule has 104 valence electrons. The molecule has 6 heteroatoms. The minimum absolute atomic E-state index is 0.0661. The maximum absolute atomic E-state index is 12.4. The van der Waals surface area contributed by atoms with Gasteiger partial charge in [0.2, 0.25) is 5.82 Å². The molecular formula is C13H20N4O2. The number of aliphatic hydroxyl groups excluding tert-OH is 1. The summed E-state index contributed by atoms with van der Waals surface area (Å²) in [5, 5.41) is 15.8. The van der Waals surface area contributed by atoms with Crippen LogP contribution in [-0.4, -0.2) is 50.3 Å². The smallest absolute Gasteiger partial charge is 0.293 e. The lowest BCUT2D eigenvalue weighted by molar-refractivity contribution is 0.0712. The van der Waals surface area contributed by atoms with Gasteiger partial charge >= 0.3 is 0 Å². The van der Waals surface area contributed by atoms with Gasteiger partial charge in [-0.3, -0.25) is 9.89 Å². The molecule has 0 radical (unpaired) electrons. The van der Waals surface area contributed by atoms with Gasteiger partial charge < -0.3 is 10.0 Å². The van der Waals surface area contributed by atoms with Crippen LogP contribution in [0.3, 0.4) is 0 Å². The van der Waals surface area contributed by atoms with Crippen LogP contribution in [0.15, 0.2) is 0 Å². The van der Waals surface area contributed by atoms with Crippen molar-refractivity contribution in [3.05, 3.63) is 11.6 Å². The lowest BCUT2D eigenvalue weighted by Gasteiger charge is -2.23. The van der Waals surface area contributed by atoms with Gasteiger partial charge in [0.25, 0.3) is 5.91 Å². The Kier molecular flexibility index (Phi) is 3.50. The highest BCUT2D eigenvalue weighted by Gasteiger charge is 2.33. The third-order valence-corrected chi connectivity index (χ3v) is 3.99. The van der Waals surface area contributed by atoms with Gasteiger partial charge in [0.1, 0.15) is 5.82 Å². The first-order chi connectivity index (χ1) is 9.29. The van der Waals surface area contributed by atoms with E-state index in [0.717, 1.165) is 50.9 Å². The van der Waals surface area contributed by atoms with Crippen molar-refractivity contribution in [2.45, 2.75) is 50.5 Å². The molecule has 3 rings (SSSR count). The molecule has 2 heterocycles. The molecule has 1 aromatic rings. The highest BCUT2D eigenvalue weighted by Crippen LogP contribution is 2.37. The normalized spacial score (nSPS) is 23.0. The van der Waals surface area contributed by atoms with E-state index in [9.17, 15) is 4.79 Å². The number of nitrogens with one attached hydrogen (secondary N) is 1. The minimum atomic E-state index is -0.0661. The molecule has 0 aromatic carbocycles. The second kappa shape index (κ2) is 5.28. The Morgan fingerprint density at radius 2 is 2.26 bits per heavy atom. The molecule has 0 spiro atoms. The van der Waals surface area contributed by atoms with Crippen LogP contribution >= 0.6 is 0 Å². The van der Waals surface area contributed by atoms with Crippen molar-refractivity contribution in [1.29, 1.82) is 0 Å². The number of H-pyrrole nitrogens is 1. The van der Waals surface area contributed by atoms with Crippen LogP contribution in [0.25, 0.3) is 0 Å². The number of aromatic nitrogens is 3. The number of likely N-dealkylation sites (tertiary alicyclic amines) is 1. The zero-order valence-corrected chi connectivity index (χ0v) is 11.0. The number of carbonyl (C=O) groups excluding carboxylic acids is 1. The summed E-state index contributed by atoms with van der Waals surface area (Å²) in [6.07, 6.45) is 5.95. The largest absolute Gasteiger partial charge is 0.396 e. The molecule has 1 aliphatic carbocycles. The first-order valence-corrected chi connectivity index (χ1v) is 7.13. The molecule has 1 saturated carbocycles. The molecule has 1 unspecified atom stereocenters. The summed E-state index contributed by atoms with van der Waals surface area (Å²) in [4.78, 5) is 18.6. The molecule has 1 atom stereocenters. The number of amides is 1. The Morgan fingerprint density at radius 3 is 3.00 bits per heavy atom. The predicted molar refractivity (Wildman–Crippen MR) is 68.7 cm³/mol. The van der Waals surface area contributed by atoms with Gasteiger partial charge in [0, 0.05) is 25.1 Å². The fraction of sp³-hybridized carbons (Fsp3) is 0.769. The van der Waals surface area contributed by atoms with Crippen LogP contribution in [0.1, 0.15) is 60.9 Å². The Hall–Kier alpha value is -1.43. The number of hydrogen-bond acceptors (Lipinski definition) is 4. The van der Waals surface area contributed by atoms with Crippen LogP contribution in [0.5, 0.6) is 0 Å². The lowest BCUT2D eigenvalue weighted by atomic mass is 10.1. The molecular weight excluding hydrogens is 244 g/mol. The summed E-state index contributed by atoms with van der Waals surface area (Å²) in [6.45, 7) is 0.966. The van der Waals surface area contributed by atoms with Gasteiger partial charge in [-0.15, -0.1) is 5.10 Å². The summed E-state index contributed by atoms with van der Waals surface area (Å²) in [5.74, 6) is 1.58. The van der Waals surface area contributed by atoms with E-state index in [0.29, 0.717) is 11.7 Å². The van der Waals surface area contributed by atoms with Crippen LogP contribution < -0.4 is 0 Å². The van der Waals surface area contributed by atoms with Crippen molar-refractivity contribution in [3.63, 3.8) is 0 Å². The maximum Gasteiger partial charge on any atom is 0.293 e. The molecule has 2 N–H and O–H groups in total. The molecule has 1 saturated heterocycles. The first-order valence-electron chi connectivity index (χ1n) is 7.13. The van der Waals surface area contributed by atoms with Gasteiger partial charge in [-0.05, 0) is 38.5 Å². The topological polar surface area (TPSA) is 82.1 Å². The Balaban J connectivity index is 1.67. The zero-order valence-electron chi connectivity index (χ0n) is 11.0. The fourth-order valence-electron chi connectivity index (χ4n) is 2.77. The summed E-state index contributed by atoms with van der Waals surface area (Å²) in [5.41, 5.74) is 0. The highest BCUT2D eigenvalue weighted by atomic mass is 16.3. The van der Waals surface area contributed by atoms with Crippen LogP contribution in [0.2, 0.25) is 0 Å². The van der Waals surface area contributed by atoms with E-state index >= 15 is 0 Å². The third kappa shape index (κ3) is 2.63. The second-order valence-electron chi connectivity index (χ2n) is 5.48. The van der Waals surface area contributed by atoms with Crippen LogP contribution in [-0.2, 0) is 0 Å². The van der Waals surface area contributed by atoms with Gasteiger partial charge in [0.05, 0.1) is 0 Å². The second-order valence-corrected chi connectivity index (χ2v) is 5.48. The van der Waals surface area contributed by atoms with Gasteiger partial charge in [0.15, 0.2) is 0 Å². The number of rotatable bonds is 5. The van der Waals surface area contributed by atoms with Gasteiger partial charge in [-0.1, -0.05) is 0 Å². The number of nitrogens with zero attached hydrogens (tertiary/aromatic N) is 3. The van der Waals surface area contributed by atoms with Gasteiger partial charge in [-0.25, -0.2) is 4.98 Å². The van der Waals surface area contributed by atoms with Gasteiger partial charge in [-0.2, -0.15) is 0 Å². The standard InChI is InChI=1S/C13H20N4O2/c18-8-2-4-10-3-1-7-17(10)13(19)12-14-11(15-16-12)9-5-6-9/h9-10,18H,1-8H2,(H,14,15,16). The fourth-order valence-corrected chi connectivity index (χ4v) is 2.77. The molecule has 0 bridgehead atoms. The number of aromatic amines is 1. The van der Waals surface area contributed by atoms with E-state index in [2.05, 4.69) is 15.2 Å². The molecule has 1 aliphatic heterocycles. The summed E-state index contributed by atoms with van der Waals surface area (Å²) >= 11 is 0. The Bertz CT molecular complexity index is 455. The minimum Gasteiger partial charge on any atom is -0.396 e. The number of aliphatic hydroxyl groups is 1. The Labute approximate surface area is 112 Å². The van der Waals surface area contributed by atoms with Crippen LogP contribution in [0, 0.1) is 0 Å². The zero-order chi connectivity index (χ0) is 13.2. The van der Waals surface area contributed by atoms with E-state index in [1.54, 1.807) is 0 Å². The SMILES string of the molecule is O=C(c1n[nH]c(C2CC2)n1)N1CCCC1CCCO. The van der Waals surface area contributed by atoms with Crippen molar-refractivity contribution < 1.29 is 9.90 Å². The quantitative estimate of drug-likeness (QED) is 0.833. The first kappa shape index (κ1) is 12.6. The van der Waals surface area contributed by atoms with Crippen molar-refractivity contribution >= 4 is 5.91 Å². The van der Waals surface area contributed by atoms with Crippen molar-refractivity contribution in [2.75, 3.05) is 13.2 Å². The molecule has 2 aliphatic rings. The van der Waals surface area contributed by atoms with E-state index in [-0.39, 0.29) is 18.6 Å². The predicted octanol–water partition coefficient (Wildman–Crippen LogP) is 1.06. The summed E-state index contributed by atoms with van der Waals surface area (Å²) < 4.78 is 0. The third-order valence-electron chi connectivity index (χ3n) is 3.99. The molecule has 19 heavy (non-hydrogen) atoms. The van der Waals surface area contributed by atoms with Crippen LogP contribution in [0.4, 0.5) is 0 Å². The average molecular weight is 264 g/mol. The Morgan fingerprint density at radius 1 is 1.42 bits per heavy atom. The lowest BCUT2D eigenvalue weighted by Crippen LogP contribution is -2.36. The summed E-state index contributed by atoms with van der Waals surface area (Å²) in [6, 6.07) is 0.238. The summed E-state index contributed by atoms with van der Waals surface area (Å²) in [7, 11) is 0.